The Kier molecular flexibility index (Phi) is 3.28. The number of hydrogen-bond acceptors (Lipinski definition) is 5. The van der Waals surface area contributed by atoms with Gasteiger partial charge in [0, 0.05) is 18.7 Å². The molecule has 1 aliphatic carbocycles. The van der Waals surface area contributed by atoms with Crippen LogP contribution in [0.5, 0.6) is 0 Å². The van der Waals surface area contributed by atoms with Gasteiger partial charge in [0.25, 0.3) is 0 Å². The number of rotatable bonds is 5. The van der Waals surface area contributed by atoms with Crippen LogP contribution in [0, 0.1) is 0 Å². The van der Waals surface area contributed by atoms with Crippen molar-refractivity contribution >= 4 is 11.6 Å². The number of aromatic nitrogens is 2. The SMILES string of the molecule is CNc1cc(NC2(CO)CC2)nc(-c2ccccc2)n1. The minimum absolute atomic E-state index is 0.132. The molecule has 0 saturated heterocycles. The lowest BCUT2D eigenvalue weighted by Gasteiger charge is -2.16. The van der Waals surface area contributed by atoms with Gasteiger partial charge in [0.15, 0.2) is 5.82 Å². The van der Waals surface area contributed by atoms with E-state index >= 15 is 0 Å². The van der Waals surface area contributed by atoms with Crippen LogP contribution in [0.3, 0.4) is 0 Å². The number of hydrogen-bond donors (Lipinski definition) is 3. The van der Waals surface area contributed by atoms with Crippen molar-refractivity contribution in [1.82, 2.24) is 9.97 Å². The minimum Gasteiger partial charge on any atom is -0.394 e. The predicted molar refractivity (Wildman–Crippen MR) is 79.7 cm³/mol. The summed E-state index contributed by atoms with van der Waals surface area (Å²) in [5.41, 5.74) is 0.786. The molecule has 0 atom stereocenters. The van der Waals surface area contributed by atoms with Crippen LogP contribution in [0.4, 0.5) is 11.6 Å². The molecule has 3 rings (SSSR count). The number of aliphatic hydroxyl groups excluding tert-OH is 1. The minimum atomic E-state index is -0.187. The normalized spacial score (nSPS) is 15.7. The van der Waals surface area contributed by atoms with E-state index < -0.39 is 0 Å². The van der Waals surface area contributed by atoms with Crippen molar-refractivity contribution in [2.24, 2.45) is 0 Å². The molecule has 1 fully saturated rings. The molecule has 1 saturated carbocycles. The van der Waals surface area contributed by atoms with E-state index in [1.165, 1.54) is 0 Å². The fourth-order valence-electron chi connectivity index (χ4n) is 2.10. The number of aliphatic hydroxyl groups is 1. The average molecular weight is 270 g/mol. The van der Waals surface area contributed by atoms with Crippen LogP contribution in [-0.2, 0) is 0 Å². The van der Waals surface area contributed by atoms with Crippen LogP contribution in [0.2, 0.25) is 0 Å². The van der Waals surface area contributed by atoms with Crippen molar-refractivity contribution in [3.8, 4) is 11.4 Å². The lowest BCUT2D eigenvalue weighted by atomic mass is 10.2. The number of nitrogens with zero attached hydrogens (tertiary/aromatic N) is 2. The Morgan fingerprint density at radius 1 is 1.15 bits per heavy atom. The van der Waals surface area contributed by atoms with E-state index in [-0.39, 0.29) is 12.1 Å². The molecular formula is C15H18N4O. The Balaban J connectivity index is 1.95. The van der Waals surface area contributed by atoms with E-state index in [2.05, 4.69) is 20.6 Å². The molecule has 104 valence electrons. The molecule has 1 aromatic heterocycles. The molecule has 1 heterocycles. The summed E-state index contributed by atoms with van der Waals surface area (Å²) in [5.74, 6) is 2.18. The van der Waals surface area contributed by atoms with Crippen molar-refractivity contribution in [3.63, 3.8) is 0 Å². The second-order valence-electron chi connectivity index (χ2n) is 5.14. The molecular weight excluding hydrogens is 252 g/mol. The molecule has 1 aliphatic rings. The first-order valence-corrected chi connectivity index (χ1v) is 6.76. The molecule has 0 bridgehead atoms. The average Bonchev–Trinajstić information content (AvgIpc) is 3.28. The topological polar surface area (TPSA) is 70.1 Å². The summed E-state index contributed by atoms with van der Waals surface area (Å²) in [6.07, 6.45) is 1.95. The molecule has 0 spiro atoms. The van der Waals surface area contributed by atoms with Crippen molar-refractivity contribution in [2.45, 2.75) is 18.4 Å². The van der Waals surface area contributed by atoms with Gasteiger partial charge in [-0.15, -0.1) is 0 Å². The molecule has 20 heavy (non-hydrogen) atoms. The van der Waals surface area contributed by atoms with Crippen molar-refractivity contribution in [3.05, 3.63) is 36.4 Å². The van der Waals surface area contributed by atoms with E-state index in [0.717, 1.165) is 30.0 Å². The second kappa shape index (κ2) is 5.09. The molecule has 0 radical (unpaired) electrons. The van der Waals surface area contributed by atoms with Gasteiger partial charge in [-0.25, -0.2) is 9.97 Å². The molecule has 5 heteroatoms. The smallest absolute Gasteiger partial charge is 0.163 e. The highest BCUT2D eigenvalue weighted by Gasteiger charge is 2.42. The molecule has 0 aliphatic heterocycles. The molecule has 0 unspecified atom stereocenters. The first-order valence-electron chi connectivity index (χ1n) is 6.76. The number of benzene rings is 1. The highest BCUT2D eigenvalue weighted by molar-refractivity contribution is 5.61. The standard InChI is InChI=1S/C15H18N4O/c1-16-12-9-13(19-15(10-20)7-8-15)18-14(17-12)11-5-3-2-4-6-11/h2-6,9,20H,7-8,10H2,1H3,(H2,16,17,18,19). The van der Waals surface area contributed by atoms with Crippen LogP contribution in [0.25, 0.3) is 11.4 Å². The van der Waals surface area contributed by atoms with Crippen LogP contribution in [-0.4, -0.2) is 34.3 Å². The molecule has 5 nitrogen and oxygen atoms in total. The van der Waals surface area contributed by atoms with Gasteiger partial charge in [-0.1, -0.05) is 30.3 Å². The first kappa shape index (κ1) is 12.9. The van der Waals surface area contributed by atoms with Gasteiger partial charge < -0.3 is 15.7 Å². The summed E-state index contributed by atoms with van der Waals surface area (Å²) < 4.78 is 0. The number of nitrogens with one attached hydrogen (secondary N) is 2. The maximum Gasteiger partial charge on any atom is 0.163 e. The zero-order valence-electron chi connectivity index (χ0n) is 11.4. The maximum absolute atomic E-state index is 9.41. The summed E-state index contributed by atoms with van der Waals surface area (Å²) in [4.78, 5) is 9.03. The van der Waals surface area contributed by atoms with E-state index in [0.29, 0.717) is 5.82 Å². The lowest BCUT2D eigenvalue weighted by Crippen LogP contribution is -2.26. The van der Waals surface area contributed by atoms with E-state index in [1.807, 2.05) is 43.4 Å². The Labute approximate surface area is 118 Å². The van der Waals surface area contributed by atoms with Gasteiger partial charge in [-0.05, 0) is 12.8 Å². The van der Waals surface area contributed by atoms with Gasteiger partial charge in [-0.3, -0.25) is 0 Å². The summed E-state index contributed by atoms with van der Waals surface area (Å²) in [7, 11) is 1.83. The van der Waals surface area contributed by atoms with Gasteiger partial charge in [0.05, 0.1) is 12.1 Å². The van der Waals surface area contributed by atoms with Gasteiger partial charge >= 0.3 is 0 Å². The van der Waals surface area contributed by atoms with E-state index in [4.69, 9.17) is 0 Å². The van der Waals surface area contributed by atoms with Gasteiger partial charge in [0.2, 0.25) is 0 Å². The fourth-order valence-corrected chi connectivity index (χ4v) is 2.10. The molecule has 1 aromatic carbocycles. The third-order valence-corrected chi connectivity index (χ3v) is 3.56. The second-order valence-corrected chi connectivity index (χ2v) is 5.14. The molecule has 3 N–H and O–H groups in total. The zero-order valence-corrected chi connectivity index (χ0v) is 11.4. The van der Waals surface area contributed by atoms with Crippen molar-refractivity contribution < 1.29 is 5.11 Å². The van der Waals surface area contributed by atoms with E-state index in [1.54, 1.807) is 0 Å². The lowest BCUT2D eigenvalue weighted by molar-refractivity contribution is 0.266. The Hall–Kier alpha value is -2.14. The van der Waals surface area contributed by atoms with Gasteiger partial charge in [0.1, 0.15) is 11.6 Å². The fraction of sp³-hybridized carbons (Fsp3) is 0.333. The summed E-state index contributed by atoms with van der Waals surface area (Å²) >= 11 is 0. The summed E-state index contributed by atoms with van der Waals surface area (Å²) in [5, 5.41) is 15.8. The van der Waals surface area contributed by atoms with Crippen LogP contribution in [0.1, 0.15) is 12.8 Å². The Morgan fingerprint density at radius 3 is 2.45 bits per heavy atom. The predicted octanol–water partition coefficient (Wildman–Crippen LogP) is 2.12. The van der Waals surface area contributed by atoms with Crippen molar-refractivity contribution in [1.29, 1.82) is 0 Å². The third-order valence-electron chi connectivity index (χ3n) is 3.56. The Bertz CT molecular complexity index is 596. The molecule has 0 amide bonds. The van der Waals surface area contributed by atoms with Crippen molar-refractivity contribution in [2.75, 3.05) is 24.3 Å². The summed E-state index contributed by atoms with van der Waals surface area (Å²) in [6, 6.07) is 11.7. The van der Waals surface area contributed by atoms with Crippen LogP contribution < -0.4 is 10.6 Å². The van der Waals surface area contributed by atoms with Gasteiger partial charge in [-0.2, -0.15) is 0 Å². The largest absolute Gasteiger partial charge is 0.394 e. The highest BCUT2D eigenvalue weighted by Crippen LogP contribution is 2.38. The maximum atomic E-state index is 9.41. The highest BCUT2D eigenvalue weighted by atomic mass is 16.3. The monoisotopic (exact) mass is 270 g/mol. The Morgan fingerprint density at radius 2 is 1.85 bits per heavy atom. The zero-order chi connectivity index (χ0) is 14.0. The van der Waals surface area contributed by atoms with E-state index in [9.17, 15) is 5.11 Å². The summed E-state index contributed by atoms with van der Waals surface area (Å²) in [6.45, 7) is 0.132. The third kappa shape index (κ3) is 2.58. The first-order chi connectivity index (χ1) is 9.74. The van der Waals surface area contributed by atoms with Crippen LogP contribution in [0.15, 0.2) is 36.4 Å². The quantitative estimate of drug-likeness (QED) is 0.776. The number of anilines is 2. The van der Waals surface area contributed by atoms with Crippen LogP contribution >= 0.6 is 0 Å². The molecule has 2 aromatic rings.